The Morgan fingerprint density at radius 3 is 2.70 bits per heavy atom. The van der Waals surface area contributed by atoms with E-state index in [9.17, 15) is 5.11 Å². The van der Waals surface area contributed by atoms with Gasteiger partial charge in [-0.3, -0.25) is 0 Å². The van der Waals surface area contributed by atoms with E-state index in [-0.39, 0.29) is 0 Å². The minimum atomic E-state index is -0.485. The van der Waals surface area contributed by atoms with E-state index in [4.69, 9.17) is 4.74 Å². The molecule has 0 spiro atoms. The Morgan fingerprint density at radius 1 is 1.25 bits per heavy atom. The lowest BCUT2D eigenvalue weighted by Gasteiger charge is -2.14. The minimum absolute atomic E-state index is 0.303. The van der Waals surface area contributed by atoms with Crippen LogP contribution in [0.1, 0.15) is 37.7 Å². The molecule has 1 unspecified atom stereocenters. The van der Waals surface area contributed by atoms with Crippen LogP contribution >= 0.6 is 0 Å². The van der Waals surface area contributed by atoms with E-state index >= 15 is 0 Å². The normalized spacial score (nSPS) is 16.4. The monoisotopic (exact) mass is 273 g/mol. The zero-order valence-corrected chi connectivity index (χ0v) is 11.9. The molecule has 0 aromatic heterocycles. The van der Waals surface area contributed by atoms with Crippen LogP contribution in [-0.4, -0.2) is 31.1 Å². The quantitative estimate of drug-likeness (QED) is 0.773. The Labute approximate surface area is 121 Å². The molecule has 0 amide bonds. The van der Waals surface area contributed by atoms with E-state index in [1.165, 1.54) is 36.8 Å². The fourth-order valence-corrected chi connectivity index (χ4v) is 2.38. The summed E-state index contributed by atoms with van der Waals surface area (Å²) in [5, 5.41) is 9.68. The summed E-state index contributed by atoms with van der Waals surface area (Å²) < 4.78 is 5.58. The minimum Gasteiger partial charge on any atom is -0.491 e. The van der Waals surface area contributed by atoms with Crippen molar-refractivity contribution in [2.75, 3.05) is 13.2 Å². The van der Waals surface area contributed by atoms with Gasteiger partial charge in [0.25, 0.3) is 0 Å². The number of aliphatic hydroxyl groups excluding tert-OH is 1. The second-order valence-corrected chi connectivity index (χ2v) is 5.20. The Balaban J connectivity index is 1.85. The summed E-state index contributed by atoms with van der Waals surface area (Å²) in [4.78, 5) is 3.72. The van der Waals surface area contributed by atoms with Crippen molar-refractivity contribution in [1.82, 2.24) is 0 Å². The van der Waals surface area contributed by atoms with Gasteiger partial charge in [0.2, 0.25) is 0 Å². The summed E-state index contributed by atoms with van der Waals surface area (Å²) in [5.74, 6) is 0.802. The fraction of sp³-hybridized carbons (Fsp3) is 0.471. The molecule has 20 heavy (non-hydrogen) atoms. The van der Waals surface area contributed by atoms with Crippen LogP contribution in [-0.2, 0) is 0 Å². The molecule has 0 heterocycles. The highest BCUT2D eigenvalue weighted by molar-refractivity contribution is 5.66. The number of benzene rings is 1. The van der Waals surface area contributed by atoms with Crippen LogP contribution in [0, 0.1) is 0 Å². The largest absolute Gasteiger partial charge is 0.491 e. The van der Waals surface area contributed by atoms with Crippen molar-refractivity contribution in [3.8, 4) is 5.75 Å². The van der Waals surface area contributed by atoms with Gasteiger partial charge in [-0.05, 0) is 62.1 Å². The van der Waals surface area contributed by atoms with Crippen LogP contribution in [0.5, 0.6) is 5.75 Å². The third-order valence-electron chi connectivity index (χ3n) is 3.58. The van der Waals surface area contributed by atoms with Crippen LogP contribution in [0.25, 0.3) is 5.57 Å². The molecule has 2 rings (SSSR count). The summed E-state index contributed by atoms with van der Waals surface area (Å²) in [6.07, 6.45) is 7.40. The second-order valence-electron chi connectivity index (χ2n) is 5.20. The molecule has 1 aromatic rings. The first-order valence-corrected chi connectivity index (χ1v) is 7.32. The molecule has 1 aliphatic carbocycles. The van der Waals surface area contributed by atoms with Crippen LogP contribution in [0.4, 0.5) is 0 Å². The number of hydrogen-bond acceptors (Lipinski definition) is 3. The summed E-state index contributed by atoms with van der Waals surface area (Å²) >= 11 is 0. The van der Waals surface area contributed by atoms with Crippen LogP contribution < -0.4 is 4.74 Å². The molecular weight excluding hydrogens is 250 g/mol. The second kappa shape index (κ2) is 7.85. The molecule has 1 atom stereocenters. The number of hydrogen-bond donors (Lipinski definition) is 1. The number of allylic oxidation sites excluding steroid dienone is 2. The lowest BCUT2D eigenvalue weighted by molar-refractivity contribution is 0.102. The maximum atomic E-state index is 9.68. The molecule has 3 heteroatoms. The third kappa shape index (κ3) is 4.49. The Hall–Kier alpha value is -1.61. The van der Waals surface area contributed by atoms with Crippen LogP contribution in [0.3, 0.4) is 0 Å². The van der Waals surface area contributed by atoms with Crippen molar-refractivity contribution in [2.24, 2.45) is 4.99 Å². The molecule has 0 fully saturated rings. The zero-order chi connectivity index (χ0) is 14.2. The molecule has 0 radical (unpaired) electrons. The molecule has 0 saturated heterocycles. The van der Waals surface area contributed by atoms with Crippen molar-refractivity contribution < 1.29 is 9.84 Å². The predicted molar refractivity (Wildman–Crippen MR) is 83.4 cm³/mol. The molecule has 0 aliphatic heterocycles. The van der Waals surface area contributed by atoms with Gasteiger partial charge in [0.15, 0.2) is 0 Å². The molecule has 3 nitrogen and oxygen atoms in total. The first-order chi connectivity index (χ1) is 9.79. The van der Waals surface area contributed by atoms with Crippen molar-refractivity contribution in [3.05, 3.63) is 35.9 Å². The van der Waals surface area contributed by atoms with E-state index in [2.05, 4.69) is 29.9 Å². The van der Waals surface area contributed by atoms with Crippen molar-refractivity contribution >= 4 is 12.3 Å². The molecule has 0 saturated carbocycles. The number of rotatable bonds is 7. The smallest absolute Gasteiger partial charge is 0.119 e. The van der Waals surface area contributed by atoms with Crippen molar-refractivity contribution in [2.45, 2.75) is 38.2 Å². The van der Waals surface area contributed by atoms with Gasteiger partial charge >= 0.3 is 0 Å². The standard InChI is InChI=1S/C17H23NO2/c1-18-12-11-16(19)13-20-17-9-7-15(8-10-17)14-5-3-2-4-6-14/h5,7-10,16,19H,1-4,6,11-13H2. The maximum absolute atomic E-state index is 9.68. The number of aliphatic hydroxyl groups is 1. The van der Waals surface area contributed by atoms with E-state index in [1.807, 2.05) is 12.1 Å². The summed E-state index contributed by atoms with van der Waals surface area (Å²) in [6.45, 7) is 4.27. The fourth-order valence-electron chi connectivity index (χ4n) is 2.38. The number of nitrogens with zero attached hydrogens (tertiary/aromatic N) is 1. The highest BCUT2D eigenvalue weighted by Crippen LogP contribution is 2.27. The topological polar surface area (TPSA) is 41.8 Å². The average molecular weight is 273 g/mol. The van der Waals surface area contributed by atoms with Gasteiger partial charge in [0, 0.05) is 6.54 Å². The highest BCUT2D eigenvalue weighted by atomic mass is 16.5. The van der Waals surface area contributed by atoms with Gasteiger partial charge in [-0.15, -0.1) is 0 Å². The van der Waals surface area contributed by atoms with E-state index in [1.54, 1.807) is 0 Å². The molecular formula is C17H23NO2. The summed E-state index contributed by atoms with van der Waals surface area (Å²) in [6, 6.07) is 8.15. The molecule has 1 aliphatic rings. The first-order valence-electron chi connectivity index (χ1n) is 7.32. The van der Waals surface area contributed by atoms with E-state index in [0.717, 1.165) is 5.75 Å². The van der Waals surface area contributed by atoms with Gasteiger partial charge in [0.05, 0.1) is 6.10 Å². The molecule has 1 aromatic carbocycles. The number of ether oxygens (including phenoxy) is 1. The predicted octanol–water partition coefficient (Wildman–Crippen LogP) is 3.47. The maximum Gasteiger partial charge on any atom is 0.119 e. The molecule has 1 N–H and O–H groups in total. The Bertz CT molecular complexity index is 451. The summed E-state index contributed by atoms with van der Waals surface area (Å²) in [5.41, 5.74) is 2.73. The van der Waals surface area contributed by atoms with Gasteiger partial charge < -0.3 is 14.8 Å². The number of aliphatic imine (C=N–C) groups is 1. The SMILES string of the molecule is C=NCCC(O)COc1ccc(C2=CCCCC2)cc1. The lowest BCUT2D eigenvalue weighted by atomic mass is 9.94. The van der Waals surface area contributed by atoms with Crippen molar-refractivity contribution in [3.63, 3.8) is 0 Å². The summed E-state index contributed by atoms with van der Waals surface area (Å²) in [7, 11) is 0. The van der Waals surface area contributed by atoms with E-state index in [0.29, 0.717) is 19.6 Å². The van der Waals surface area contributed by atoms with Crippen LogP contribution in [0.2, 0.25) is 0 Å². The molecule has 108 valence electrons. The highest BCUT2D eigenvalue weighted by Gasteiger charge is 2.07. The average Bonchev–Trinajstić information content (AvgIpc) is 2.52. The van der Waals surface area contributed by atoms with Gasteiger partial charge in [0.1, 0.15) is 12.4 Å². The zero-order valence-electron chi connectivity index (χ0n) is 11.9. The van der Waals surface area contributed by atoms with Crippen molar-refractivity contribution in [1.29, 1.82) is 0 Å². The van der Waals surface area contributed by atoms with E-state index < -0.39 is 6.10 Å². The first kappa shape index (κ1) is 14.8. The lowest BCUT2D eigenvalue weighted by Crippen LogP contribution is -2.18. The Morgan fingerprint density at radius 2 is 2.05 bits per heavy atom. The van der Waals surface area contributed by atoms with Gasteiger partial charge in [-0.25, -0.2) is 0 Å². The van der Waals surface area contributed by atoms with Gasteiger partial charge in [-0.2, -0.15) is 0 Å². The van der Waals surface area contributed by atoms with Crippen LogP contribution in [0.15, 0.2) is 35.3 Å². The third-order valence-corrected chi connectivity index (χ3v) is 3.58. The van der Waals surface area contributed by atoms with Gasteiger partial charge in [-0.1, -0.05) is 18.2 Å². The molecule has 0 bridgehead atoms. The Kier molecular flexibility index (Phi) is 5.81.